The van der Waals surface area contributed by atoms with Crippen LogP contribution in [-0.2, 0) is 11.3 Å². The lowest BCUT2D eigenvalue weighted by Crippen LogP contribution is -2.09. The van der Waals surface area contributed by atoms with Gasteiger partial charge in [0.15, 0.2) is 5.78 Å². The first kappa shape index (κ1) is 12.3. The quantitative estimate of drug-likeness (QED) is 0.866. The Morgan fingerprint density at radius 3 is 2.58 bits per heavy atom. The van der Waals surface area contributed by atoms with Gasteiger partial charge in [-0.15, -0.1) is 0 Å². The summed E-state index contributed by atoms with van der Waals surface area (Å²) >= 11 is 12.0. The molecule has 0 unspecified atom stereocenters. The van der Waals surface area contributed by atoms with Crippen molar-refractivity contribution in [2.75, 3.05) is 5.32 Å². The molecule has 1 N–H and O–H groups in total. The van der Waals surface area contributed by atoms with E-state index in [2.05, 4.69) is 5.32 Å². The molecule has 19 heavy (non-hydrogen) atoms. The maximum Gasteiger partial charge on any atom is 0.245 e. The Hall–Kier alpha value is -1.78. The number of hydrogen-bond donors (Lipinski definition) is 1. The van der Waals surface area contributed by atoms with Crippen LogP contribution in [-0.4, -0.2) is 16.3 Å². The highest BCUT2D eigenvalue weighted by molar-refractivity contribution is 6.41. The van der Waals surface area contributed by atoms with E-state index in [1.54, 1.807) is 35.0 Å². The van der Waals surface area contributed by atoms with Crippen LogP contribution in [0.25, 0.3) is 0 Å². The highest BCUT2D eigenvalue weighted by Crippen LogP contribution is 2.31. The van der Waals surface area contributed by atoms with Gasteiger partial charge in [0.2, 0.25) is 5.91 Å². The van der Waals surface area contributed by atoms with Crippen molar-refractivity contribution in [1.29, 1.82) is 0 Å². The molecule has 0 bridgehead atoms. The fourth-order valence-corrected chi connectivity index (χ4v) is 2.67. The van der Waals surface area contributed by atoms with Crippen LogP contribution in [0.2, 0.25) is 10.0 Å². The van der Waals surface area contributed by atoms with Gasteiger partial charge in [0.25, 0.3) is 0 Å². The lowest BCUT2D eigenvalue weighted by Gasteiger charge is -2.06. The maximum absolute atomic E-state index is 12.5. The van der Waals surface area contributed by atoms with E-state index in [-0.39, 0.29) is 23.8 Å². The smallest absolute Gasteiger partial charge is 0.245 e. The molecule has 4 nitrogen and oxygen atoms in total. The minimum Gasteiger partial charge on any atom is -0.324 e. The van der Waals surface area contributed by atoms with Crippen molar-refractivity contribution < 1.29 is 9.59 Å². The van der Waals surface area contributed by atoms with Gasteiger partial charge in [-0.25, -0.2) is 0 Å². The first-order valence-corrected chi connectivity index (χ1v) is 6.31. The summed E-state index contributed by atoms with van der Waals surface area (Å²) in [6.07, 6.45) is 1.69. The zero-order chi connectivity index (χ0) is 13.6. The summed E-state index contributed by atoms with van der Waals surface area (Å²) in [4.78, 5) is 23.8. The van der Waals surface area contributed by atoms with Crippen molar-refractivity contribution >= 4 is 40.7 Å². The first-order chi connectivity index (χ1) is 9.08. The number of benzene rings is 1. The molecule has 6 heteroatoms. The van der Waals surface area contributed by atoms with Crippen LogP contribution in [0.4, 0.5) is 5.82 Å². The molecule has 0 fully saturated rings. The molecule has 1 aromatic carbocycles. The van der Waals surface area contributed by atoms with Crippen LogP contribution < -0.4 is 5.32 Å². The van der Waals surface area contributed by atoms with E-state index in [0.717, 1.165) is 0 Å². The molecule has 1 aromatic heterocycles. The second-order valence-electron chi connectivity index (χ2n) is 4.18. The van der Waals surface area contributed by atoms with Crippen LogP contribution in [0, 0.1) is 0 Å². The second kappa shape index (κ2) is 4.40. The molecule has 2 aromatic rings. The van der Waals surface area contributed by atoms with Gasteiger partial charge < -0.3 is 9.88 Å². The lowest BCUT2D eigenvalue weighted by atomic mass is 10.1. The van der Waals surface area contributed by atoms with Crippen LogP contribution >= 0.6 is 23.2 Å². The maximum atomic E-state index is 12.5. The number of aromatic nitrogens is 1. The molecule has 1 aliphatic rings. The Kier molecular flexibility index (Phi) is 2.84. The number of carbonyl (C=O) groups excluding carboxylic acids is 2. The number of anilines is 1. The van der Waals surface area contributed by atoms with Crippen molar-refractivity contribution in [3.8, 4) is 0 Å². The number of amides is 1. The molecule has 96 valence electrons. The molecule has 0 spiro atoms. The fraction of sp³-hybridized carbons (Fsp3) is 0.0769. The van der Waals surface area contributed by atoms with Gasteiger partial charge in [-0.2, -0.15) is 0 Å². The molecule has 0 atom stereocenters. The largest absolute Gasteiger partial charge is 0.324 e. The van der Waals surface area contributed by atoms with Crippen molar-refractivity contribution in [2.24, 2.45) is 0 Å². The Labute approximate surface area is 118 Å². The average Bonchev–Trinajstić information content (AvgIpc) is 2.87. The van der Waals surface area contributed by atoms with E-state index in [0.29, 0.717) is 21.4 Å². The summed E-state index contributed by atoms with van der Waals surface area (Å²) in [7, 11) is 0. The molecule has 0 aliphatic carbocycles. The van der Waals surface area contributed by atoms with Gasteiger partial charge in [-0.05, 0) is 18.2 Å². The van der Waals surface area contributed by atoms with Gasteiger partial charge in [0.1, 0.15) is 12.4 Å². The van der Waals surface area contributed by atoms with E-state index < -0.39 is 0 Å². The van der Waals surface area contributed by atoms with Crippen LogP contribution in [0.3, 0.4) is 0 Å². The van der Waals surface area contributed by atoms with E-state index in [9.17, 15) is 9.59 Å². The lowest BCUT2D eigenvalue weighted by molar-refractivity contribution is -0.115. The minimum atomic E-state index is -0.299. The Bertz CT molecular complexity index is 686. The SMILES string of the molecule is O=C1Cn2ccc(C(=O)c3c(Cl)cccc3Cl)c2N1. The molecule has 2 heterocycles. The third-order valence-corrected chi connectivity index (χ3v) is 3.60. The summed E-state index contributed by atoms with van der Waals surface area (Å²) < 4.78 is 1.68. The first-order valence-electron chi connectivity index (χ1n) is 5.55. The van der Waals surface area contributed by atoms with E-state index >= 15 is 0 Å². The number of ketones is 1. The zero-order valence-corrected chi connectivity index (χ0v) is 11.1. The Morgan fingerprint density at radius 1 is 1.21 bits per heavy atom. The van der Waals surface area contributed by atoms with Crippen molar-refractivity contribution in [2.45, 2.75) is 6.54 Å². The standard InChI is InChI=1S/C13H8Cl2N2O2/c14-8-2-1-3-9(15)11(8)12(19)7-4-5-17-6-10(18)16-13(7)17/h1-5H,6H2,(H,16,18). The molecule has 1 aliphatic heterocycles. The highest BCUT2D eigenvalue weighted by Gasteiger charge is 2.26. The Balaban J connectivity index is 2.09. The van der Waals surface area contributed by atoms with E-state index in [4.69, 9.17) is 23.2 Å². The number of nitrogens with zero attached hydrogens (tertiary/aromatic N) is 1. The van der Waals surface area contributed by atoms with Gasteiger partial charge >= 0.3 is 0 Å². The normalized spacial score (nSPS) is 13.3. The van der Waals surface area contributed by atoms with Crippen molar-refractivity contribution in [3.05, 3.63) is 51.6 Å². The van der Waals surface area contributed by atoms with Crippen LogP contribution in [0.1, 0.15) is 15.9 Å². The molecular formula is C13H8Cl2N2O2. The molecule has 0 saturated heterocycles. The molecule has 3 rings (SSSR count). The minimum absolute atomic E-state index is 0.144. The predicted molar refractivity (Wildman–Crippen MR) is 73.0 cm³/mol. The molecular weight excluding hydrogens is 287 g/mol. The van der Waals surface area contributed by atoms with Crippen molar-refractivity contribution in [1.82, 2.24) is 4.57 Å². The zero-order valence-electron chi connectivity index (χ0n) is 9.61. The molecule has 0 radical (unpaired) electrons. The average molecular weight is 295 g/mol. The number of hydrogen-bond acceptors (Lipinski definition) is 2. The number of nitrogens with one attached hydrogen (secondary N) is 1. The van der Waals surface area contributed by atoms with E-state index in [1.807, 2.05) is 0 Å². The molecule has 0 saturated carbocycles. The van der Waals surface area contributed by atoms with Gasteiger partial charge in [-0.3, -0.25) is 9.59 Å². The van der Waals surface area contributed by atoms with Gasteiger partial charge in [0, 0.05) is 6.20 Å². The van der Waals surface area contributed by atoms with Crippen LogP contribution in [0.5, 0.6) is 0 Å². The number of halogens is 2. The number of rotatable bonds is 2. The molecule has 1 amide bonds. The summed E-state index contributed by atoms with van der Waals surface area (Å²) in [5, 5.41) is 3.24. The summed E-state index contributed by atoms with van der Waals surface area (Å²) in [5.74, 6) is 0.0486. The topological polar surface area (TPSA) is 51.1 Å². The third kappa shape index (κ3) is 1.93. The van der Waals surface area contributed by atoms with Crippen LogP contribution in [0.15, 0.2) is 30.5 Å². The Morgan fingerprint density at radius 2 is 1.89 bits per heavy atom. The number of carbonyl (C=O) groups is 2. The fourth-order valence-electron chi connectivity index (χ4n) is 2.10. The predicted octanol–water partition coefficient (Wildman–Crippen LogP) is 2.98. The second-order valence-corrected chi connectivity index (χ2v) is 4.99. The van der Waals surface area contributed by atoms with Crippen molar-refractivity contribution in [3.63, 3.8) is 0 Å². The number of fused-ring (bicyclic) bond motifs is 1. The van der Waals surface area contributed by atoms with Gasteiger partial charge in [0.05, 0.1) is 21.2 Å². The monoisotopic (exact) mass is 294 g/mol. The third-order valence-electron chi connectivity index (χ3n) is 2.97. The summed E-state index contributed by atoms with van der Waals surface area (Å²) in [6, 6.07) is 6.54. The summed E-state index contributed by atoms with van der Waals surface area (Å²) in [5.41, 5.74) is 0.641. The van der Waals surface area contributed by atoms with E-state index in [1.165, 1.54) is 0 Å². The highest BCUT2D eigenvalue weighted by atomic mass is 35.5. The van der Waals surface area contributed by atoms with Gasteiger partial charge in [-0.1, -0.05) is 29.3 Å². The summed E-state index contributed by atoms with van der Waals surface area (Å²) in [6.45, 7) is 0.221.